The molecule has 44 heavy (non-hydrogen) atoms. The maximum absolute atomic E-state index is 13.8. The molecule has 2 fully saturated rings. The number of benzene rings is 2. The molecule has 2 aliphatic rings. The summed E-state index contributed by atoms with van der Waals surface area (Å²) in [4.78, 5) is 35.4. The van der Waals surface area contributed by atoms with Crippen LogP contribution in [0.2, 0.25) is 0 Å². The van der Waals surface area contributed by atoms with Crippen molar-refractivity contribution in [3.05, 3.63) is 59.8 Å². The summed E-state index contributed by atoms with van der Waals surface area (Å²) in [5, 5.41) is 7.26. The summed E-state index contributed by atoms with van der Waals surface area (Å²) >= 11 is 0. The van der Waals surface area contributed by atoms with Crippen LogP contribution in [0.4, 0.5) is 0 Å². The minimum Gasteiger partial charge on any atom is -0.490 e. The van der Waals surface area contributed by atoms with Gasteiger partial charge in [-0.3, -0.25) is 19.4 Å². The number of carbonyl (C=O) groups excluding carboxylic acids is 2. The van der Waals surface area contributed by atoms with Crippen molar-refractivity contribution in [2.24, 2.45) is 0 Å². The van der Waals surface area contributed by atoms with Crippen molar-refractivity contribution in [2.75, 3.05) is 45.9 Å². The van der Waals surface area contributed by atoms with E-state index in [1.165, 1.54) is 32.1 Å². The first kappa shape index (κ1) is 31.9. The zero-order valence-electron chi connectivity index (χ0n) is 26.6. The van der Waals surface area contributed by atoms with Crippen molar-refractivity contribution in [2.45, 2.75) is 77.4 Å². The van der Waals surface area contributed by atoms with Gasteiger partial charge in [0.05, 0.1) is 19.8 Å². The van der Waals surface area contributed by atoms with Gasteiger partial charge in [-0.1, -0.05) is 50.5 Å². The number of H-pyrrole nitrogens is 1. The third kappa shape index (κ3) is 7.93. The number of nitrogens with zero attached hydrogens (tertiary/aromatic N) is 2. The maximum Gasteiger partial charge on any atom is 0.243 e. The van der Waals surface area contributed by atoms with Gasteiger partial charge >= 0.3 is 0 Å². The van der Waals surface area contributed by atoms with Crippen LogP contribution in [0.15, 0.2) is 48.7 Å². The molecule has 9 heteroatoms. The lowest BCUT2D eigenvalue weighted by molar-refractivity contribution is -0.130. The van der Waals surface area contributed by atoms with Crippen molar-refractivity contribution in [1.29, 1.82) is 0 Å². The third-order valence-corrected chi connectivity index (χ3v) is 9.15. The van der Waals surface area contributed by atoms with Crippen molar-refractivity contribution in [3.8, 4) is 11.5 Å². The van der Waals surface area contributed by atoms with Crippen molar-refractivity contribution < 1.29 is 19.1 Å². The average molecular weight is 604 g/mol. The second kappa shape index (κ2) is 15.4. The van der Waals surface area contributed by atoms with E-state index < -0.39 is 6.04 Å². The molecule has 1 aromatic heterocycles. The fourth-order valence-corrected chi connectivity index (χ4v) is 6.73. The van der Waals surface area contributed by atoms with E-state index in [0.29, 0.717) is 43.8 Å². The van der Waals surface area contributed by atoms with E-state index in [9.17, 15) is 9.59 Å². The van der Waals surface area contributed by atoms with Crippen molar-refractivity contribution >= 4 is 22.7 Å². The van der Waals surface area contributed by atoms with Crippen LogP contribution in [0, 0.1) is 0 Å². The molecule has 3 N–H and O–H groups in total. The Kier molecular flexibility index (Phi) is 11.2. The number of carbonyl (C=O) groups is 2. The molecule has 238 valence electrons. The first-order chi connectivity index (χ1) is 21.5. The molecule has 2 atom stereocenters. The van der Waals surface area contributed by atoms with Gasteiger partial charge in [0.2, 0.25) is 11.8 Å². The van der Waals surface area contributed by atoms with E-state index in [-0.39, 0.29) is 17.7 Å². The molecule has 1 saturated carbocycles. The van der Waals surface area contributed by atoms with Crippen molar-refractivity contribution in [1.82, 2.24) is 25.4 Å². The molecule has 3 aromatic rings. The smallest absolute Gasteiger partial charge is 0.243 e. The summed E-state index contributed by atoms with van der Waals surface area (Å²) in [7, 11) is 0. The number of fused-ring (bicyclic) bond motifs is 1. The van der Waals surface area contributed by atoms with E-state index in [4.69, 9.17) is 9.47 Å². The molecule has 1 aliphatic heterocycles. The van der Waals surface area contributed by atoms with Gasteiger partial charge in [0.25, 0.3) is 0 Å². The Bertz CT molecular complexity index is 1380. The van der Waals surface area contributed by atoms with Crippen LogP contribution in [0.3, 0.4) is 0 Å². The number of ether oxygens (including phenoxy) is 2. The first-order valence-electron chi connectivity index (χ1n) is 16.4. The number of aromatic nitrogens is 1. The Morgan fingerprint density at radius 2 is 1.68 bits per heavy atom. The number of amides is 2. The Labute approximate surface area is 261 Å². The minimum absolute atomic E-state index is 0.123. The summed E-state index contributed by atoms with van der Waals surface area (Å²) in [6.45, 7) is 11.3. The fourth-order valence-electron chi connectivity index (χ4n) is 6.73. The zero-order valence-corrected chi connectivity index (χ0v) is 26.6. The summed E-state index contributed by atoms with van der Waals surface area (Å²) in [6, 6.07) is 13.7. The van der Waals surface area contributed by atoms with Gasteiger partial charge in [-0.15, -0.1) is 0 Å². The molecule has 1 saturated heterocycles. The molecular formula is C35H49N5O4. The van der Waals surface area contributed by atoms with Gasteiger partial charge in [-0.05, 0) is 56.0 Å². The molecule has 2 amide bonds. The first-order valence-corrected chi connectivity index (χ1v) is 16.4. The number of hydrogen-bond acceptors (Lipinski definition) is 6. The van der Waals surface area contributed by atoms with Crippen LogP contribution in [-0.4, -0.2) is 84.6 Å². The average Bonchev–Trinajstić information content (AvgIpc) is 3.48. The SMILES string of the molecule is CCOc1ccc(CNC(=O)C(NC(=O)CN2CCN(C3CCCCC3)CC2)C(C)c2c[nH]c3ccccc23)cc1OCC. The van der Waals surface area contributed by atoms with Gasteiger partial charge in [0.15, 0.2) is 11.5 Å². The number of piperazine rings is 1. The van der Waals surface area contributed by atoms with Crippen molar-refractivity contribution in [3.63, 3.8) is 0 Å². The van der Waals surface area contributed by atoms with Crippen LogP contribution < -0.4 is 20.1 Å². The number of hydrogen-bond donors (Lipinski definition) is 3. The molecule has 2 heterocycles. The second-order valence-corrected chi connectivity index (χ2v) is 12.1. The van der Waals surface area contributed by atoms with Gasteiger partial charge in [-0.25, -0.2) is 0 Å². The fraction of sp³-hybridized carbons (Fsp3) is 0.543. The molecular weight excluding hydrogens is 554 g/mol. The number of rotatable bonds is 13. The summed E-state index contributed by atoms with van der Waals surface area (Å²) < 4.78 is 11.5. The molecule has 0 spiro atoms. The Hall–Kier alpha value is -3.56. The zero-order chi connectivity index (χ0) is 30.9. The second-order valence-electron chi connectivity index (χ2n) is 12.1. The largest absolute Gasteiger partial charge is 0.490 e. The number of aromatic amines is 1. The van der Waals surface area contributed by atoms with Gasteiger partial charge in [0.1, 0.15) is 6.04 Å². The van der Waals surface area contributed by atoms with E-state index in [1.54, 1.807) is 0 Å². The van der Waals surface area contributed by atoms with Crippen LogP contribution in [0.25, 0.3) is 10.9 Å². The highest BCUT2D eigenvalue weighted by atomic mass is 16.5. The molecule has 0 bridgehead atoms. The summed E-state index contributed by atoms with van der Waals surface area (Å²) in [5.74, 6) is 0.745. The van der Waals surface area contributed by atoms with E-state index in [0.717, 1.165) is 48.2 Å². The summed E-state index contributed by atoms with van der Waals surface area (Å²) in [6.07, 6.45) is 8.57. The van der Waals surface area contributed by atoms with Gasteiger partial charge in [-0.2, -0.15) is 0 Å². The van der Waals surface area contributed by atoms with E-state index in [2.05, 4.69) is 31.5 Å². The maximum atomic E-state index is 13.8. The minimum atomic E-state index is -0.737. The van der Waals surface area contributed by atoms with Crippen LogP contribution in [0.1, 0.15) is 69.9 Å². The molecule has 9 nitrogen and oxygen atoms in total. The van der Waals surface area contributed by atoms with Crippen LogP contribution in [0.5, 0.6) is 11.5 Å². The Balaban J connectivity index is 1.25. The van der Waals surface area contributed by atoms with Gasteiger partial charge < -0.3 is 25.1 Å². The molecule has 1 aliphatic carbocycles. The number of nitrogens with one attached hydrogen (secondary N) is 3. The predicted octanol–water partition coefficient (Wildman–Crippen LogP) is 4.82. The highest BCUT2D eigenvalue weighted by Gasteiger charge is 2.31. The Morgan fingerprint density at radius 3 is 2.43 bits per heavy atom. The van der Waals surface area contributed by atoms with E-state index >= 15 is 0 Å². The highest BCUT2D eigenvalue weighted by molar-refractivity contribution is 5.91. The lowest BCUT2D eigenvalue weighted by Gasteiger charge is -2.40. The monoisotopic (exact) mass is 603 g/mol. The van der Waals surface area contributed by atoms with E-state index in [1.807, 2.05) is 63.4 Å². The topological polar surface area (TPSA) is 98.9 Å². The third-order valence-electron chi connectivity index (χ3n) is 9.15. The highest BCUT2D eigenvalue weighted by Crippen LogP contribution is 2.30. The molecule has 0 radical (unpaired) electrons. The molecule has 5 rings (SSSR count). The molecule has 2 aromatic carbocycles. The standard InChI is InChI=1S/C35H49N5O4/c1-4-43-31-16-15-26(21-32(31)44-5-2)22-37-35(42)34(25(3)29-23-36-30-14-10-9-13-28(29)30)38-33(41)24-39-17-19-40(20-18-39)27-11-7-6-8-12-27/h9-10,13-16,21,23,25,27,34,36H,4-8,11-12,17-20,22,24H2,1-3H3,(H,37,42)(H,38,41). The Morgan fingerprint density at radius 1 is 0.955 bits per heavy atom. The lowest BCUT2D eigenvalue weighted by atomic mass is 9.92. The van der Waals surface area contributed by atoms with Crippen LogP contribution in [-0.2, 0) is 16.1 Å². The van der Waals surface area contributed by atoms with Crippen LogP contribution >= 0.6 is 0 Å². The lowest BCUT2D eigenvalue weighted by Crippen LogP contribution is -2.55. The quantitative estimate of drug-likeness (QED) is 0.259. The normalized spacial score (nSPS) is 18.1. The van der Waals surface area contributed by atoms with Gasteiger partial charge in [0, 0.05) is 61.8 Å². The molecule has 2 unspecified atom stereocenters. The summed E-state index contributed by atoms with van der Waals surface area (Å²) in [5.41, 5.74) is 2.90. The predicted molar refractivity (Wildman–Crippen MR) is 174 cm³/mol. The number of para-hydroxylation sites is 1.